The topological polar surface area (TPSA) is 126 Å². The first-order valence-electron chi connectivity index (χ1n) is 8.65. The number of hydrogen-bond donors (Lipinski definition) is 1. The van der Waals surface area contributed by atoms with E-state index in [9.17, 15) is 29.0 Å². The number of rotatable bonds is 4. The predicted octanol–water partition coefficient (Wildman–Crippen LogP) is 3.54. The van der Waals surface area contributed by atoms with Crippen molar-refractivity contribution in [3.05, 3.63) is 27.3 Å². The number of methoxy groups -OCH3 is 1. The van der Waals surface area contributed by atoms with Crippen molar-refractivity contribution in [1.82, 2.24) is 4.90 Å². The van der Waals surface area contributed by atoms with Gasteiger partial charge in [-0.25, -0.2) is 13.6 Å². The average molecular weight is 413 g/mol. The zero-order chi connectivity index (χ0) is 22.1. The molecule has 29 heavy (non-hydrogen) atoms. The van der Waals surface area contributed by atoms with Crippen LogP contribution in [0.15, 0.2) is 6.07 Å². The van der Waals surface area contributed by atoms with Crippen LogP contribution in [0, 0.1) is 21.4 Å². The standard InChI is InChI=1S/C18H21F2N3O6/c1-17(2,3)13-14(23(26)27)10(8-21)7-11(15(13)28-4)29-12-5-6-22(16(24)25)9-18(12,19)20/h7,12H,5-6,9H2,1-4H3,(H,24,25)/t12-/m1/s1. The Bertz CT molecular complexity index is 876. The van der Waals surface area contributed by atoms with Crippen LogP contribution in [0.4, 0.5) is 19.3 Å². The van der Waals surface area contributed by atoms with Crippen molar-refractivity contribution in [3.63, 3.8) is 0 Å². The van der Waals surface area contributed by atoms with E-state index in [-0.39, 0.29) is 35.6 Å². The van der Waals surface area contributed by atoms with Crippen molar-refractivity contribution in [2.24, 2.45) is 0 Å². The fourth-order valence-corrected chi connectivity index (χ4v) is 3.27. The Balaban J connectivity index is 2.58. The Kier molecular flexibility index (Phi) is 5.87. The van der Waals surface area contributed by atoms with Gasteiger partial charge in [-0.3, -0.25) is 10.1 Å². The molecule has 0 aromatic heterocycles. The highest BCUT2D eigenvalue weighted by Crippen LogP contribution is 2.47. The van der Waals surface area contributed by atoms with Crippen molar-refractivity contribution in [2.45, 2.75) is 44.6 Å². The molecule has 0 aliphatic carbocycles. The number of alkyl halides is 2. The van der Waals surface area contributed by atoms with E-state index < -0.39 is 40.7 Å². The van der Waals surface area contributed by atoms with E-state index in [0.29, 0.717) is 4.90 Å². The highest BCUT2D eigenvalue weighted by molar-refractivity contribution is 5.67. The minimum Gasteiger partial charge on any atom is -0.492 e. The van der Waals surface area contributed by atoms with E-state index in [2.05, 4.69) is 0 Å². The van der Waals surface area contributed by atoms with Crippen LogP contribution in [0.2, 0.25) is 0 Å². The number of nitrogens with zero attached hydrogens (tertiary/aromatic N) is 3. The summed E-state index contributed by atoms with van der Waals surface area (Å²) in [5.41, 5.74) is -1.64. The minimum atomic E-state index is -3.50. The maximum Gasteiger partial charge on any atom is 0.407 e. The van der Waals surface area contributed by atoms with E-state index in [1.54, 1.807) is 26.8 Å². The van der Waals surface area contributed by atoms with Gasteiger partial charge in [-0.05, 0) is 5.41 Å². The summed E-state index contributed by atoms with van der Waals surface area (Å²) in [4.78, 5) is 22.5. The summed E-state index contributed by atoms with van der Waals surface area (Å²) in [7, 11) is 1.22. The fourth-order valence-electron chi connectivity index (χ4n) is 3.27. The summed E-state index contributed by atoms with van der Waals surface area (Å²) < 4.78 is 39.7. The molecule has 0 spiro atoms. The summed E-state index contributed by atoms with van der Waals surface area (Å²) in [6, 6.07) is 2.72. The lowest BCUT2D eigenvalue weighted by molar-refractivity contribution is -0.386. The van der Waals surface area contributed by atoms with Crippen LogP contribution in [0.3, 0.4) is 0 Å². The van der Waals surface area contributed by atoms with Crippen molar-refractivity contribution >= 4 is 11.8 Å². The van der Waals surface area contributed by atoms with Crippen molar-refractivity contribution < 1.29 is 33.1 Å². The molecule has 1 fully saturated rings. The average Bonchev–Trinajstić information content (AvgIpc) is 2.60. The maximum atomic E-state index is 14.5. The summed E-state index contributed by atoms with van der Waals surface area (Å²) >= 11 is 0. The highest BCUT2D eigenvalue weighted by atomic mass is 19.3. The number of halogens is 2. The summed E-state index contributed by atoms with van der Waals surface area (Å²) in [6.45, 7) is 3.76. The Morgan fingerprint density at radius 3 is 2.52 bits per heavy atom. The Labute approximate surface area is 165 Å². The van der Waals surface area contributed by atoms with E-state index in [4.69, 9.17) is 14.6 Å². The van der Waals surface area contributed by atoms with E-state index in [0.717, 1.165) is 6.07 Å². The molecule has 1 atom stereocenters. The molecule has 0 unspecified atom stereocenters. The number of amides is 1. The molecule has 0 saturated carbocycles. The first-order chi connectivity index (χ1) is 13.3. The largest absolute Gasteiger partial charge is 0.492 e. The molecule has 11 heteroatoms. The third-order valence-electron chi connectivity index (χ3n) is 4.55. The molecule has 9 nitrogen and oxygen atoms in total. The number of nitro groups is 1. The smallest absolute Gasteiger partial charge is 0.407 e. The van der Waals surface area contributed by atoms with Gasteiger partial charge in [0.1, 0.15) is 11.6 Å². The first-order valence-corrected chi connectivity index (χ1v) is 8.65. The van der Waals surface area contributed by atoms with E-state index in [1.807, 2.05) is 0 Å². The number of benzene rings is 1. The minimum absolute atomic E-state index is 0.0466. The van der Waals surface area contributed by atoms with Crippen LogP contribution in [-0.2, 0) is 5.41 Å². The molecule has 0 bridgehead atoms. The third-order valence-corrected chi connectivity index (χ3v) is 4.55. The molecule has 1 amide bonds. The molecule has 1 aromatic rings. The predicted molar refractivity (Wildman–Crippen MR) is 96.6 cm³/mol. The normalized spacial score (nSPS) is 18.7. The lowest BCUT2D eigenvalue weighted by Gasteiger charge is -2.37. The number of likely N-dealkylation sites (tertiary alicyclic amines) is 1. The van der Waals surface area contributed by atoms with Crippen LogP contribution in [0.1, 0.15) is 38.3 Å². The molecular weight excluding hydrogens is 392 g/mol. The Morgan fingerprint density at radius 1 is 1.48 bits per heavy atom. The molecule has 1 saturated heterocycles. The molecule has 0 radical (unpaired) electrons. The van der Waals surface area contributed by atoms with Gasteiger partial charge in [0, 0.05) is 19.0 Å². The number of carbonyl (C=O) groups is 1. The molecule has 158 valence electrons. The molecular formula is C18H21F2N3O6. The van der Waals surface area contributed by atoms with Gasteiger partial charge in [-0.2, -0.15) is 5.26 Å². The highest BCUT2D eigenvalue weighted by Gasteiger charge is 2.48. The zero-order valence-electron chi connectivity index (χ0n) is 16.4. The van der Waals surface area contributed by atoms with Crippen molar-refractivity contribution in [1.29, 1.82) is 5.26 Å². The molecule has 1 aliphatic rings. The monoisotopic (exact) mass is 413 g/mol. The number of nitriles is 1. The molecule has 1 heterocycles. The second-order valence-corrected chi connectivity index (χ2v) is 7.66. The lowest BCUT2D eigenvalue weighted by Crippen LogP contribution is -2.55. The van der Waals surface area contributed by atoms with Gasteiger partial charge >= 0.3 is 12.0 Å². The zero-order valence-corrected chi connectivity index (χ0v) is 16.4. The second kappa shape index (κ2) is 7.69. The number of hydrogen-bond acceptors (Lipinski definition) is 6. The van der Waals surface area contributed by atoms with Crippen LogP contribution in [-0.4, -0.2) is 53.2 Å². The summed E-state index contributed by atoms with van der Waals surface area (Å²) in [6.07, 6.45) is -3.45. The van der Waals surface area contributed by atoms with Gasteiger partial charge in [-0.1, -0.05) is 20.8 Å². The van der Waals surface area contributed by atoms with Gasteiger partial charge in [0.2, 0.25) is 0 Å². The number of nitro benzene ring substituents is 1. The second-order valence-electron chi connectivity index (χ2n) is 7.66. The molecule has 1 N–H and O–H groups in total. The SMILES string of the molecule is COc1c(O[C@@H]2CCN(C(=O)O)CC2(F)F)cc(C#N)c([N+](=O)[O-])c1C(C)(C)C. The number of piperidine rings is 1. The maximum absolute atomic E-state index is 14.5. The lowest BCUT2D eigenvalue weighted by atomic mass is 9.83. The quantitative estimate of drug-likeness (QED) is 0.591. The Hall–Kier alpha value is -3.16. The first kappa shape index (κ1) is 22.1. The molecule has 2 rings (SSSR count). The van der Waals surface area contributed by atoms with Gasteiger partial charge < -0.3 is 19.5 Å². The van der Waals surface area contributed by atoms with Crippen LogP contribution in [0.5, 0.6) is 11.5 Å². The van der Waals surface area contributed by atoms with Crippen LogP contribution >= 0.6 is 0 Å². The summed E-state index contributed by atoms with van der Waals surface area (Å²) in [5.74, 6) is -3.84. The van der Waals surface area contributed by atoms with Crippen LogP contribution in [0.25, 0.3) is 0 Å². The van der Waals surface area contributed by atoms with Gasteiger partial charge in [-0.15, -0.1) is 0 Å². The molecule has 1 aromatic carbocycles. The number of carboxylic acid groups (broad SMARTS) is 1. The van der Waals surface area contributed by atoms with Gasteiger partial charge in [0.15, 0.2) is 17.6 Å². The molecule has 1 aliphatic heterocycles. The van der Waals surface area contributed by atoms with Gasteiger partial charge in [0.25, 0.3) is 5.69 Å². The van der Waals surface area contributed by atoms with Crippen molar-refractivity contribution in [3.8, 4) is 17.6 Å². The van der Waals surface area contributed by atoms with Crippen molar-refractivity contribution in [2.75, 3.05) is 20.2 Å². The third kappa shape index (κ3) is 4.31. The van der Waals surface area contributed by atoms with Gasteiger partial charge in [0.05, 0.1) is 24.1 Å². The summed E-state index contributed by atoms with van der Waals surface area (Å²) in [5, 5.41) is 29.9. The van der Waals surface area contributed by atoms with Crippen LogP contribution < -0.4 is 9.47 Å². The number of ether oxygens (including phenoxy) is 2. The van der Waals surface area contributed by atoms with E-state index in [1.165, 1.54) is 7.11 Å². The fraction of sp³-hybridized carbons (Fsp3) is 0.556. The van der Waals surface area contributed by atoms with E-state index >= 15 is 0 Å². The Morgan fingerprint density at radius 2 is 2.10 bits per heavy atom.